The molecule has 1 rings (SSSR count). The third kappa shape index (κ3) is 5.87. The van der Waals surface area contributed by atoms with Crippen LogP contribution in [0.2, 0.25) is 15.1 Å². The summed E-state index contributed by atoms with van der Waals surface area (Å²) in [5.41, 5.74) is -0.692. The van der Waals surface area contributed by atoms with Gasteiger partial charge in [-0.1, -0.05) is 34.8 Å². The SMILES string of the molecule is COC(=O)/C=C(/Nc1c(Cl)cc(OC(F)(F)F)c(Cl)c1Cl)C(=O)OC. The monoisotopic (exact) mass is 421 g/mol. The highest BCUT2D eigenvalue weighted by atomic mass is 35.5. The molecule has 0 atom stereocenters. The molecule has 0 saturated carbocycles. The first-order valence-electron chi connectivity index (χ1n) is 6.08. The second kappa shape index (κ2) is 8.50. The van der Waals surface area contributed by atoms with E-state index in [1.54, 1.807) is 0 Å². The maximum absolute atomic E-state index is 12.3. The molecule has 0 radical (unpaired) electrons. The first-order chi connectivity index (χ1) is 11.5. The van der Waals surface area contributed by atoms with Crippen LogP contribution in [0.3, 0.4) is 0 Å². The molecule has 25 heavy (non-hydrogen) atoms. The minimum atomic E-state index is -5.02. The summed E-state index contributed by atoms with van der Waals surface area (Å²) < 4.78 is 49.5. The summed E-state index contributed by atoms with van der Waals surface area (Å²) in [5.74, 6) is -2.75. The maximum atomic E-state index is 12.3. The van der Waals surface area contributed by atoms with E-state index in [0.29, 0.717) is 0 Å². The average Bonchev–Trinajstić information content (AvgIpc) is 2.52. The molecule has 1 aromatic rings. The number of anilines is 1. The number of ether oxygens (including phenoxy) is 3. The van der Waals surface area contributed by atoms with E-state index in [4.69, 9.17) is 34.8 Å². The molecular formula is C13H9Cl3F3NO5. The lowest BCUT2D eigenvalue weighted by atomic mass is 10.2. The molecule has 0 unspecified atom stereocenters. The number of esters is 2. The number of hydrogen-bond acceptors (Lipinski definition) is 6. The fourth-order valence-electron chi connectivity index (χ4n) is 1.45. The minimum Gasteiger partial charge on any atom is -0.466 e. The van der Waals surface area contributed by atoms with E-state index in [2.05, 4.69) is 19.5 Å². The first-order valence-corrected chi connectivity index (χ1v) is 7.21. The van der Waals surface area contributed by atoms with Crippen molar-refractivity contribution in [1.82, 2.24) is 0 Å². The number of halogens is 6. The normalized spacial score (nSPS) is 11.8. The second-order valence-electron chi connectivity index (χ2n) is 4.11. The topological polar surface area (TPSA) is 73.9 Å². The van der Waals surface area contributed by atoms with Crippen molar-refractivity contribution in [2.75, 3.05) is 19.5 Å². The van der Waals surface area contributed by atoms with Gasteiger partial charge in [-0.2, -0.15) is 0 Å². The summed E-state index contributed by atoms with van der Waals surface area (Å²) in [6, 6.07) is 0.735. The Balaban J connectivity index is 3.33. The molecule has 1 aromatic carbocycles. The summed E-state index contributed by atoms with van der Waals surface area (Å²) in [7, 11) is 2.10. The Labute approximate surface area is 154 Å². The Morgan fingerprint density at radius 2 is 1.72 bits per heavy atom. The number of carbonyl (C=O) groups is 2. The molecule has 0 aliphatic carbocycles. The van der Waals surface area contributed by atoms with Crippen LogP contribution in [0.1, 0.15) is 0 Å². The Bertz CT molecular complexity index is 722. The molecular weight excluding hydrogens is 413 g/mol. The van der Waals surface area contributed by atoms with Crippen LogP contribution >= 0.6 is 34.8 Å². The number of carbonyl (C=O) groups excluding carboxylic acids is 2. The van der Waals surface area contributed by atoms with Gasteiger partial charge in [0, 0.05) is 6.07 Å². The van der Waals surface area contributed by atoms with E-state index < -0.39 is 39.8 Å². The molecule has 1 N–H and O–H groups in total. The highest BCUT2D eigenvalue weighted by molar-refractivity contribution is 6.47. The largest absolute Gasteiger partial charge is 0.573 e. The molecule has 138 valence electrons. The number of hydrogen-bond donors (Lipinski definition) is 1. The highest BCUT2D eigenvalue weighted by Gasteiger charge is 2.33. The summed E-state index contributed by atoms with van der Waals surface area (Å²) in [6.07, 6.45) is -4.29. The summed E-state index contributed by atoms with van der Waals surface area (Å²) in [5, 5.41) is 0.900. The molecule has 6 nitrogen and oxygen atoms in total. The molecule has 0 amide bonds. The number of rotatable bonds is 5. The molecule has 0 saturated heterocycles. The van der Waals surface area contributed by atoms with Gasteiger partial charge in [-0.3, -0.25) is 0 Å². The van der Waals surface area contributed by atoms with Crippen molar-refractivity contribution in [3.8, 4) is 5.75 Å². The fourth-order valence-corrected chi connectivity index (χ4v) is 2.17. The lowest BCUT2D eigenvalue weighted by Gasteiger charge is -2.16. The van der Waals surface area contributed by atoms with E-state index in [1.807, 2.05) is 0 Å². The van der Waals surface area contributed by atoms with Crippen LogP contribution in [0.4, 0.5) is 18.9 Å². The third-order valence-corrected chi connectivity index (χ3v) is 3.63. The zero-order valence-electron chi connectivity index (χ0n) is 12.5. The quantitative estimate of drug-likeness (QED) is 0.436. The molecule has 0 bridgehead atoms. The first kappa shape index (κ1) is 21.2. The van der Waals surface area contributed by atoms with E-state index in [9.17, 15) is 22.8 Å². The van der Waals surface area contributed by atoms with Crippen LogP contribution in [-0.2, 0) is 19.1 Å². The van der Waals surface area contributed by atoms with Crippen molar-refractivity contribution in [1.29, 1.82) is 0 Å². The van der Waals surface area contributed by atoms with E-state index in [1.165, 1.54) is 0 Å². The standard InChI is InChI=1S/C13H9Cl3F3NO5/c1-23-8(21)4-6(12(22)24-2)20-11-5(14)3-7(9(15)10(11)16)25-13(17,18)19/h3-4,20H,1-2H3/b6-4+. The van der Waals surface area contributed by atoms with Gasteiger partial charge >= 0.3 is 18.3 Å². The van der Waals surface area contributed by atoms with Crippen LogP contribution < -0.4 is 10.1 Å². The van der Waals surface area contributed by atoms with Gasteiger partial charge in [0.15, 0.2) is 5.75 Å². The summed E-state index contributed by atoms with van der Waals surface area (Å²) in [4.78, 5) is 23.0. The second-order valence-corrected chi connectivity index (χ2v) is 5.27. The maximum Gasteiger partial charge on any atom is 0.573 e. The van der Waals surface area contributed by atoms with Gasteiger partial charge in [-0.25, -0.2) is 9.59 Å². The molecule has 0 aliphatic heterocycles. The van der Waals surface area contributed by atoms with Crippen molar-refractivity contribution in [2.45, 2.75) is 6.36 Å². The Morgan fingerprint density at radius 1 is 1.12 bits per heavy atom. The van der Waals surface area contributed by atoms with Gasteiger partial charge in [0.2, 0.25) is 0 Å². The van der Waals surface area contributed by atoms with Crippen molar-refractivity contribution < 1.29 is 37.0 Å². The molecule has 0 heterocycles. The van der Waals surface area contributed by atoms with Crippen LogP contribution in [0.15, 0.2) is 17.8 Å². The molecule has 0 spiro atoms. The number of nitrogens with one attached hydrogen (secondary N) is 1. The lowest BCUT2D eigenvalue weighted by molar-refractivity contribution is -0.274. The van der Waals surface area contributed by atoms with Crippen molar-refractivity contribution in [2.24, 2.45) is 0 Å². The number of methoxy groups -OCH3 is 2. The molecule has 12 heteroatoms. The average molecular weight is 423 g/mol. The highest BCUT2D eigenvalue weighted by Crippen LogP contribution is 2.44. The summed E-state index contributed by atoms with van der Waals surface area (Å²) in [6.45, 7) is 0. The van der Waals surface area contributed by atoms with E-state index in [-0.39, 0.29) is 10.7 Å². The van der Waals surface area contributed by atoms with Gasteiger partial charge in [0.05, 0.1) is 36.0 Å². The third-order valence-electron chi connectivity index (χ3n) is 2.48. The minimum absolute atomic E-state index is 0.247. The Hall–Kier alpha value is -1.84. The number of benzene rings is 1. The van der Waals surface area contributed by atoms with Gasteiger partial charge in [0.25, 0.3) is 0 Å². The summed E-state index contributed by atoms with van der Waals surface area (Å²) >= 11 is 17.4. The van der Waals surface area contributed by atoms with Crippen molar-refractivity contribution in [3.63, 3.8) is 0 Å². The van der Waals surface area contributed by atoms with Crippen molar-refractivity contribution in [3.05, 3.63) is 32.9 Å². The smallest absolute Gasteiger partial charge is 0.466 e. The van der Waals surface area contributed by atoms with Crippen LogP contribution in [0.25, 0.3) is 0 Å². The van der Waals surface area contributed by atoms with Gasteiger partial charge < -0.3 is 19.5 Å². The Morgan fingerprint density at radius 3 is 2.20 bits per heavy atom. The zero-order chi connectivity index (χ0) is 19.4. The van der Waals surface area contributed by atoms with Crippen LogP contribution in [-0.4, -0.2) is 32.5 Å². The van der Waals surface area contributed by atoms with Gasteiger partial charge in [0.1, 0.15) is 10.7 Å². The van der Waals surface area contributed by atoms with E-state index in [0.717, 1.165) is 26.4 Å². The van der Waals surface area contributed by atoms with Gasteiger partial charge in [-0.05, 0) is 0 Å². The Kier molecular flexibility index (Phi) is 7.21. The van der Waals surface area contributed by atoms with Crippen LogP contribution in [0.5, 0.6) is 5.75 Å². The lowest BCUT2D eigenvalue weighted by Crippen LogP contribution is -2.18. The zero-order valence-corrected chi connectivity index (χ0v) is 14.7. The molecule has 0 aliphatic rings. The van der Waals surface area contributed by atoms with E-state index >= 15 is 0 Å². The molecule has 0 fully saturated rings. The fraction of sp³-hybridized carbons (Fsp3) is 0.231. The number of alkyl halides is 3. The predicted molar refractivity (Wildman–Crippen MR) is 83.9 cm³/mol. The van der Waals surface area contributed by atoms with Gasteiger partial charge in [-0.15, -0.1) is 13.2 Å². The predicted octanol–water partition coefficient (Wildman–Crippen LogP) is 4.19. The van der Waals surface area contributed by atoms with Crippen LogP contribution in [0, 0.1) is 0 Å². The molecule has 0 aromatic heterocycles. The van der Waals surface area contributed by atoms with Crippen molar-refractivity contribution >= 4 is 52.4 Å².